The average molecular weight is 202 g/mol. The van der Waals surface area contributed by atoms with Crippen LogP contribution in [0.15, 0.2) is 0 Å². The van der Waals surface area contributed by atoms with E-state index in [1.54, 1.807) is 0 Å². The molecule has 0 spiro atoms. The van der Waals surface area contributed by atoms with Crippen molar-refractivity contribution in [3.63, 3.8) is 0 Å². The number of nitrogens with zero attached hydrogens (tertiary/aromatic N) is 1. The Labute approximate surface area is 86.2 Å². The minimum absolute atomic E-state index is 0.116. The van der Waals surface area contributed by atoms with Gasteiger partial charge in [-0.1, -0.05) is 0 Å². The van der Waals surface area contributed by atoms with Crippen molar-refractivity contribution in [3.05, 3.63) is 0 Å². The second-order valence-corrected chi connectivity index (χ2v) is 4.31. The lowest BCUT2D eigenvalue weighted by atomic mass is 10.0. The molecular formula is C10H22N2O2. The van der Waals surface area contributed by atoms with Gasteiger partial charge < -0.3 is 15.2 Å². The van der Waals surface area contributed by atoms with Crippen LogP contribution in [0.25, 0.3) is 0 Å². The fourth-order valence-electron chi connectivity index (χ4n) is 1.78. The first kappa shape index (κ1) is 11.9. The molecule has 1 saturated heterocycles. The highest BCUT2D eigenvalue weighted by atomic mass is 16.5. The molecule has 1 aliphatic heterocycles. The summed E-state index contributed by atoms with van der Waals surface area (Å²) in [4.78, 5) is 2.43. The van der Waals surface area contributed by atoms with E-state index in [1.165, 1.54) is 0 Å². The van der Waals surface area contributed by atoms with Crippen LogP contribution in [0.3, 0.4) is 0 Å². The van der Waals surface area contributed by atoms with Crippen molar-refractivity contribution in [2.24, 2.45) is 0 Å². The zero-order chi connectivity index (χ0) is 10.4. The Morgan fingerprint density at radius 1 is 1.43 bits per heavy atom. The van der Waals surface area contributed by atoms with Gasteiger partial charge >= 0.3 is 0 Å². The first-order valence-corrected chi connectivity index (χ1v) is 5.31. The van der Waals surface area contributed by atoms with E-state index in [9.17, 15) is 0 Å². The third kappa shape index (κ3) is 3.53. The smallest absolute Gasteiger partial charge is 0.0698 e. The van der Waals surface area contributed by atoms with Crippen LogP contribution in [0.2, 0.25) is 0 Å². The predicted molar refractivity (Wildman–Crippen MR) is 56.4 cm³/mol. The topological polar surface area (TPSA) is 44.7 Å². The van der Waals surface area contributed by atoms with Crippen LogP contribution < -0.4 is 5.32 Å². The summed E-state index contributed by atoms with van der Waals surface area (Å²) in [6.45, 7) is 9.89. The Morgan fingerprint density at radius 3 is 2.86 bits per heavy atom. The van der Waals surface area contributed by atoms with Crippen LogP contribution in [-0.4, -0.2) is 61.5 Å². The summed E-state index contributed by atoms with van der Waals surface area (Å²) in [5, 5.41) is 11.9. The molecular weight excluding hydrogens is 180 g/mol. The number of piperazine rings is 1. The molecule has 14 heavy (non-hydrogen) atoms. The molecule has 1 fully saturated rings. The van der Waals surface area contributed by atoms with E-state index >= 15 is 0 Å². The molecule has 2 N–H and O–H groups in total. The summed E-state index contributed by atoms with van der Waals surface area (Å²) in [6.07, 6.45) is 0. The summed E-state index contributed by atoms with van der Waals surface area (Å²) in [5.74, 6) is 0. The Balaban J connectivity index is 2.20. The molecule has 1 rings (SSSR count). The standard InChI is InChI=1S/C10H22N2O2/c1-10(2)9-11-3-4-12(10)5-7-14-8-6-13/h11,13H,3-9H2,1-2H3. The molecule has 84 valence electrons. The first-order valence-electron chi connectivity index (χ1n) is 5.31. The number of aliphatic hydroxyl groups is 1. The maximum Gasteiger partial charge on any atom is 0.0698 e. The van der Waals surface area contributed by atoms with Gasteiger partial charge in [-0.25, -0.2) is 0 Å². The molecule has 0 aromatic carbocycles. The number of hydrogen-bond donors (Lipinski definition) is 2. The monoisotopic (exact) mass is 202 g/mol. The zero-order valence-corrected chi connectivity index (χ0v) is 9.25. The summed E-state index contributed by atoms with van der Waals surface area (Å²) in [5.41, 5.74) is 0.223. The third-order valence-corrected chi connectivity index (χ3v) is 2.71. The molecule has 0 aromatic heterocycles. The Hall–Kier alpha value is -0.160. The fourth-order valence-corrected chi connectivity index (χ4v) is 1.78. The summed E-state index contributed by atoms with van der Waals surface area (Å²) in [6, 6.07) is 0. The molecule has 0 unspecified atom stereocenters. The van der Waals surface area contributed by atoms with Crippen molar-refractivity contribution in [2.45, 2.75) is 19.4 Å². The molecule has 0 atom stereocenters. The minimum Gasteiger partial charge on any atom is -0.394 e. The Kier molecular flexibility index (Phi) is 4.81. The summed E-state index contributed by atoms with van der Waals surface area (Å²) < 4.78 is 5.27. The average Bonchev–Trinajstić information content (AvgIpc) is 2.14. The summed E-state index contributed by atoms with van der Waals surface area (Å²) in [7, 11) is 0. The lowest BCUT2D eigenvalue weighted by Gasteiger charge is -2.42. The quantitative estimate of drug-likeness (QED) is 0.600. The van der Waals surface area contributed by atoms with E-state index in [0.717, 1.165) is 26.2 Å². The molecule has 0 radical (unpaired) electrons. The largest absolute Gasteiger partial charge is 0.394 e. The molecule has 1 aliphatic rings. The molecule has 0 amide bonds. The highest BCUT2D eigenvalue weighted by molar-refractivity contribution is 4.87. The highest BCUT2D eigenvalue weighted by Crippen LogP contribution is 2.15. The van der Waals surface area contributed by atoms with Gasteiger partial charge in [0.15, 0.2) is 0 Å². The van der Waals surface area contributed by atoms with Gasteiger partial charge in [0.1, 0.15) is 0 Å². The van der Waals surface area contributed by atoms with E-state index in [0.29, 0.717) is 13.2 Å². The number of nitrogens with one attached hydrogen (secondary N) is 1. The van der Waals surface area contributed by atoms with Crippen molar-refractivity contribution in [1.82, 2.24) is 10.2 Å². The third-order valence-electron chi connectivity index (χ3n) is 2.71. The number of aliphatic hydroxyl groups excluding tert-OH is 1. The first-order chi connectivity index (χ1) is 6.67. The maximum absolute atomic E-state index is 8.56. The van der Waals surface area contributed by atoms with E-state index in [-0.39, 0.29) is 12.1 Å². The van der Waals surface area contributed by atoms with Crippen molar-refractivity contribution < 1.29 is 9.84 Å². The highest BCUT2D eigenvalue weighted by Gasteiger charge is 2.28. The normalized spacial score (nSPS) is 22.5. The van der Waals surface area contributed by atoms with Crippen LogP contribution in [0.4, 0.5) is 0 Å². The molecule has 0 aromatic rings. The molecule has 0 aliphatic carbocycles. The van der Waals surface area contributed by atoms with E-state index in [1.807, 2.05) is 0 Å². The molecule has 0 bridgehead atoms. The number of ether oxygens (including phenoxy) is 1. The van der Waals surface area contributed by atoms with Gasteiger partial charge in [-0.3, -0.25) is 4.90 Å². The van der Waals surface area contributed by atoms with Crippen molar-refractivity contribution >= 4 is 0 Å². The molecule has 1 heterocycles. The lowest BCUT2D eigenvalue weighted by molar-refractivity contribution is 0.0323. The van der Waals surface area contributed by atoms with Gasteiger partial charge in [0.05, 0.1) is 19.8 Å². The second kappa shape index (κ2) is 5.66. The fraction of sp³-hybridized carbons (Fsp3) is 1.00. The molecule has 0 saturated carbocycles. The van der Waals surface area contributed by atoms with E-state index < -0.39 is 0 Å². The minimum atomic E-state index is 0.116. The maximum atomic E-state index is 8.56. The Bertz CT molecular complexity index is 162. The van der Waals surface area contributed by atoms with Crippen LogP contribution in [0, 0.1) is 0 Å². The van der Waals surface area contributed by atoms with Crippen molar-refractivity contribution in [1.29, 1.82) is 0 Å². The van der Waals surface area contributed by atoms with Gasteiger partial charge in [-0.2, -0.15) is 0 Å². The lowest BCUT2D eigenvalue weighted by Crippen LogP contribution is -2.58. The van der Waals surface area contributed by atoms with Gasteiger partial charge in [0.25, 0.3) is 0 Å². The molecule has 4 nitrogen and oxygen atoms in total. The van der Waals surface area contributed by atoms with Crippen LogP contribution in [0.5, 0.6) is 0 Å². The predicted octanol–water partition coefficient (Wildman–Crippen LogP) is -0.321. The second-order valence-electron chi connectivity index (χ2n) is 4.31. The molecule has 4 heteroatoms. The van der Waals surface area contributed by atoms with Gasteiger partial charge in [0.2, 0.25) is 0 Å². The van der Waals surface area contributed by atoms with Gasteiger partial charge in [0, 0.05) is 31.7 Å². The van der Waals surface area contributed by atoms with Crippen LogP contribution in [-0.2, 0) is 4.74 Å². The van der Waals surface area contributed by atoms with Crippen LogP contribution in [0.1, 0.15) is 13.8 Å². The zero-order valence-electron chi connectivity index (χ0n) is 9.25. The van der Waals surface area contributed by atoms with Crippen LogP contribution >= 0.6 is 0 Å². The van der Waals surface area contributed by atoms with Gasteiger partial charge in [-0.15, -0.1) is 0 Å². The van der Waals surface area contributed by atoms with E-state index in [2.05, 4.69) is 24.1 Å². The van der Waals surface area contributed by atoms with Crippen molar-refractivity contribution in [3.8, 4) is 0 Å². The Morgan fingerprint density at radius 2 is 2.21 bits per heavy atom. The SMILES string of the molecule is CC1(C)CNCCN1CCOCCO. The number of hydrogen-bond acceptors (Lipinski definition) is 4. The summed E-state index contributed by atoms with van der Waals surface area (Å²) >= 11 is 0. The van der Waals surface area contributed by atoms with Gasteiger partial charge in [-0.05, 0) is 13.8 Å². The number of rotatable bonds is 5. The van der Waals surface area contributed by atoms with Crippen molar-refractivity contribution in [2.75, 3.05) is 46.0 Å². The van der Waals surface area contributed by atoms with E-state index in [4.69, 9.17) is 9.84 Å².